The topological polar surface area (TPSA) is 20.3 Å². The monoisotopic (exact) mass is 273 g/mol. The minimum atomic E-state index is -0.445. The Morgan fingerprint density at radius 3 is 2.20 bits per heavy atom. The highest BCUT2D eigenvalue weighted by molar-refractivity contribution is 5.87. The molecule has 0 aromatic heterocycles. The molecule has 0 bridgehead atoms. The maximum Gasteiger partial charge on any atom is 0.232 e. The van der Waals surface area contributed by atoms with Gasteiger partial charge in [0.25, 0.3) is 0 Å². The van der Waals surface area contributed by atoms with Crippen molar-refractivity contribution in [2.24, 2.45) is 5.92 Å². The molecule has 1 aliphatic carbocycles. The highest BCUT2D eigenvalue weighted by atomic mass is 16.2. The molecule has 1 aliphatic rings. The van der Waals surface area contributed by atoms with Gasteiger partial charge < -0.3 is 4.90 Å². The van der Waals surface area contributed by atoms with Crippen molar-refractivity contribution in [3.63, 3.8) is 0 Å². The van der Waals surface area contributed by atoms with E-state index in [1.54, 1.807) is 0 Å². The number of hydrogen-bond donors (Lipinski definition) is 0. The maximum atomic E-state index is 12.9. The van der Waals surface area contributed by atoms with Crippen molar-refractivity contribution < 1.29 is 4.79 Å². The molecule has 0 unspecified atom stereocenters. The number of carbonyl (C=O) groups is 1. The maximum absolute atomic E-state index is 12.9. The average Bonchev–Trinajstić information content (AvgIpc) is 2.47. The molecule has 20 heavy (non-hydrogen) atoms. The molecule has 1 aromatic rings. The van der Waals surface area contributed by atoms with E-state index in [9.17, 15) is 4.79 Å². The molecule has 0 radical (unpaired) electrons. The van der Waals surface area contributed by atoms with Crippen molar-refractivity contribution in [3.8, 4) is 0 Å². The first kappa shape index (κ1) is 15.1. The Bertz CT molecular complexity index is 444. The van der Waals surface area contributed by atoms with Crippen LogP contribution in [0.15, 0.2) is 30.3 Å². The zero-order valence-corrected chi connectivity index (χ0v) is 13.2. The third kappa shape index (κ3) is 3.05. The SMILES string of the molecule is CC1CCC(N(C)C(=O)C(C)(C)c2ccccc2)CC1. The molecule has 2 rings (SSSR count). The Morgan fingerprint density at radius 1 is 1.10 bits per heavy atom. The van der Waals surface area contributed by atoms with Crippen molar-refractivity contribution >= 4 is 5.91 Å². The number of carbonyl (C=O) groups excluding carboxylic acids is 1. The average molecular weight is 273 g/mol. The van der Waals surface area contributed by atoms with E-state index in [1.165, 1.54) is 12.8 Å². The van der Waals surface area contributed by atoms with Crippen LogP contribution in [0, 0.1) is 5.92 Å². The summed E-state index contributed by atoms with van der Waals surface area (Å²) >= 11 is 0. The third-order valence-electron chi connectivity index (χ3n) is 4.88. The number of hydrogen-bond acceptors (Lipinski definition) is 1. The molecular weight excluding hydrogens is 246 g/mol. The van der Waals surface area contributed by atoms with Gasteiger partial charge >= 0.3 is 0 Å². The zero-order valence-electron chi connectivity index (χ0n) is 13.2. The van der Waals surface area contributed by atoms with Crippen molar-refractivity contribution in [2.45, 2.75) is 57.9 Å². The lowest BCUT2D eigenvalue weighted by Crippen LogP contribution is -2.47. The summed E-state index contributed by atoms with van der Waals surface area (Å²) in [5.41, 5.74) is 0.653. The number of likely N-dealkylation sites (N-methyl/N-ethyl adjacent to an activating group) is 1. The second-order valence-corrected chi connectivity index (χ2v) is 6.82. The Balaban J connectivity index is 2.10. The molecule has 0 saturated heterocycles. The van der Waals surface area contributed by atoms with Gasteiger partial charge in [0.05, 0.1) is 5.41 Å². The van der Waals surface area contributed by atoms with Crippen LogP contribution < -0.4 is 0 Å². The summed E-state index contributed by atoms with van der Waals surface area (Å²) in [5, 5.41) is 0. The van der Waals surface area contributed by atoms with Gasteiger partial charge in [-0.05, 0) is 51.0 Å². The lowest BCUT2D eigenvalue weighted by molar-refractivity contribution is -0.137. The quantitative estimate of drug-likeness (QED) is 0.815. The first-order valence-corrected chi connectivity index (χ1v) is 7.75. The minimum Gasteiger partial charge on any atom is -0.342 e. The zero-order chi connectivity index (χ0) is 14.8. The van der Waals surface area contributed by atoms with Crippen LogP contribution in [0.2, 0.25) is 0 Å². The number of benzene rings is 1. The molecule has 1 saturated carbocycles. The van der Waals surface area contributed by atoms with E-state index in [4.69, 9.17) is 0 Å². The van der Waals surface area contributed by atoms with Crippen molar-refractivity contribution in [1.82, 2.24) is 4.90 Å². The van der Waals surface area contributed by atoms with E-state index in [-0.39, 0.29) is 5.91 Å². The van der Waals surface area contributed by atoms with Crippen LogP contribution in [0.4, 0.5) is 0 Å². The summed E-state index contributed by atoms with van der Waals surface area (Å²) in [4.78, 5) is 14.9. The van der Waals surface area contributed by atoms with Crippen LogP contribution in [-0.4, -0.2) is 23.9 Å². The molecule has 1 fully saturated rings. The van der Waals surface area contributed by atoms with Crippen LogP contribution in [0.3, 0.4) is 0 Å². The van der Waals surface area contributed by atoms with E-state index in [0.29, 0.717) is 6.04 Å². The second-order valence-electron chi connectivity index (χ2n) is 6.82. The van der Waals surface area contributed by atoms with Crippen molar-refractivity contribution in [3.05, 3.63) is 35.9 Å². The van der Waals surface area contributed by atoms with Crippen LogP contribution in [0.25, 0.3) is 0 Å². The molecule has 2 nitrogen and oxygen atoms in total. The van der Waals surface area contributed by atoms with E-state index in [2.05, 4.69) is 19.1 Å². The van der Waals surface area contributed by atoms with E-state index >= 15 is 0 Å². The molecule has 0 spiro atoms. The molecule has 0 atom stereocenters. The first-order valence-electron chi connectivity index (χ1n) is 7.75. The van der Waals surface area contributed by atoms with Gasteiger partial charge in [0.15, 0.2) is 0 Å². The highest BCUT2D eigenvalue weighted by Gasteiger charge is 2.35. The van der Waals surface area contributed by atoms with Crippen molar-refractivity contribution in [1.29, 1.82) is 0 Å². The molecule has 0 N–H and O–H groups in total. The standard InChI is InChI=1S/C18H27NO/c1-14-10-12-16(13-11-14)19(4)17(20)18(2,3)15-8-6-5-7-9-15/h5-9,14,16H,10-13H2,1-4H3. The minimum absolute atomic E-state index is 0.239. The van der Waals surface area contributed by atoms with Crippen LogP contribution in [0.5, 0.6) is 0 Å². The predicted molar refractivity (Wildman–Crippen MR) is 83.7 cm³/mol. The summed E-state index contributed by atoms with van der Waals surface area (Å²) < 4.78 is 0. The van der Waals surface area contributed by atoms with Gasteiger partial charge in [-0.2, -0.15) is 0 Å². The predicted octanol–water partition coefficient (Wildman–Crippen LogP) is 4.00. The lowest BCUT2D eigenvalue weighted by Gasteiger charge is -2.38. The van der Waals surface area contributed by atoms with Gasteiger partial charge in [-0.15, -0.1) is 0 Å². The normalized spacial score (nSPS) is 23.4. The molecule has 110 valence electrons. The molecular formula is C18H27NO. The van der Waals surface area contributed by atoms with Gasteiger partial charge in [-0.3, -0.25) is 4.79 Å². The van der Waals surface area contributed by atoms with E-state index in [1.807, 2.05) is 44.0 Å². The fourth-order valence-corrected chi connectivity index (χ4v) is 3.21. The number of amides is 1. The first-order chi connectivity index (χ1) is 9.43. The summed E-state index contributed by atoms with van der Waals surface area (Å²) in [6.45, 7) is 6.38. The Hall–Kier alpha value is -1.31. The van der Waals surface area contributed by atoms with Gasteiger partial charge in [0, 0.05) is 13.1 Å². The molecule has 2 heteroatoms. The number of rotatable bonds is 3. The van der Waals surface area contributed by atoms with E-state index in [0.717, 1.165) is 24.3 Å². The fourth-order valence-electron chi connectivity index (χ4n) is 3.21. The van der Waals surface area contributed by atoms with Gasteiger partial charge in [0.1, 0.15) is 0 Å². The fraction of sp³-hybridized carbons (Fsp3) is 0.611. The highest BCUT2D eigenvalue weighted by Crippen LogP contribution is 2.31. The van der Waals surface area contributed by atoms with Gasteiger partial charge in [-0.25, -0.2) is 0 Å². The molecule has 1 aromatic carbocycles. The van der Waals surface area contributed by atoms with Crippen LogP contribution in [0.1, 0.15) is 52.0 Å². The third-order valence-corrected chi connectivity index (χ3v) is 4.88. The molecule has 0 aliphatic heterocycles. The largest absolute Gasteiger partial charge is 0.342 e. The van der Waals surface area contributed by atoms with Gasteiger partial charge in [-0.1, -0.05) is 37.3 Å². The van der Waals surface area contributed by atoms with Crippen LogP contribution in [-0.2, 0) is 10.2 Å². The lowest BCUT2D eigenvalue weighted by atomic mass is 9.81. The van der Waals surface area contributed by atoms with Crippen molar-refractivity contribution in [2.75, 3.05) is 7.05 Å². The number of nitrogens with zero attached hydrogens (tertiary/aromatic N) is 1. The summed E-state index contributed by atoms with van der Waals surface area (Å²) in [7, 11) is 1.98. The second kappa shape index (κ2) is 5.99. The van der Waals surface area contributed by atoms with Crippen LogP contribution >= 0.6 is 0 Å². The Morgan fingerprint density at radius 2 is 1.65 bits per heavy atom. The summed E-state index contributed by atoms with van der Waals surface area (Å²) in [6, 6.07) is 10.5. The summed E-state index contributed by atoms with van der Waals surface area (Å²) in [5.74, 6) is 1.06. The van der Waals surface area contributed by atoms with Gasteiger partial charge in [0.2, 0.25) is 5.91 Å². The molecule has 1 amide bonds. The smallest absolute Gasteiger partial charge is 0.232 e. The van der Waals surface area contributed by atoms with E-state index < -0.39 is 5.41 Å². The summed E-state index contributed by atoms with van der Waals surface area (Å²) in [6.07, 6.45) is 4.78. The Kier molecular flexibility index (Phi) is 4.52. The Labute approximate surface area is 123 Å². The molecule has 0 heterocycles.